The van der Waals surface area contributed by atoms with Gasteiger partial charge in [0, 0.05) is 18.5 Å². The summed E-state index contributed by atoms with van der Waals surface area (Å²) in [6.45, 7) is 6.01. The van der Waals surface area contributed by atoms with Crippen molar-refractivity contribution in [3.05, 3.63) is 10.9 Å². The normalized spacial score (nSPS) is 11.8. The van der Waals surface area contributed by atoms with E-state index >= 15 is 0 Å². The Labute approximate surface area is 110 Å². The van der Waals surface area contributed by atoms with E-state index in [0.717, 1.165) is 16.0 Å². The van der Waals surface area contributed by atoms with Gasteiger partial charge in [-0.2, -0.15) is 4.98 Å². The van der Waals surface area contributed by atoms with Crippen molar-refractivity contribution in [3.8, 4) is 0 Å². The van der Waals surface area contributed by atoms with Crippen molar-refractivity contribution in [2.45, 2.75) is 26.4 Å². The maximum atomic E-state index is 9.76. The number of fused-ring (bicyclic) bond motifs is 1. The third-order valence-corrected chi connectivity index (χ3v) is 3.37. The summed E-state index contributed by atoms with van der Waals surface area (Å²) >= 11 is 1.64. The first-order chi connectivity index (χ1) is 8.39. The molecule has 0 fully saturated rings. The molecule has 2 aromatic rings. The average Bonchev–Trinajstić information content (AvgIpc) is 2.64. The fourth-order valence-corrected chi connectivity index (χ4v) is 2.47. The van der Waals surface area contributed by atoms with Crippen LogP contribution in [0.2, 0.25) is 0 Å². The maximum Gasteiger partial charge on any atom is 0.225 e. The predicted octanol–water partition coefficient (Wildman–Crippen LogP) is 2.22. The largest absolute Gasteiger partial charge is 0.389 e. The minimum atomic E-state index is -0.776. The second-order valence-electron chi connectivity index (χ2n) is 4.89. The number of aryl methyl sites for hydroxylation is 1. The van der Waals surface area contributed by atoms with Crippen LogP contribution in [0.15, 0.2) is 6.07 Å². The molecule has 0 spiro atoms. The summed E-state index contributed by atoms with van der Waals surface area (Å²) in [6, 6.07) is 2.06. The van der Waals surface area contributed by atoms with Crippen LogP contribution in [0.25, 0.3) is 10.2 Å². The molecule has 0 bridgehead atoms. The fourth-order valence-electron chi connectivity index (χ4n) is 1.59. The first-order valence-corrected chi connectivity index (χ1v) is 6.63. The Bertz CT molecular complexity index is 559. The van der Waals surface area contributed by atoms with Gasteiger partial charge in [0.15, 0.2) is 0 Å². The highest BCUT2D eigenvalue weighted by Gasteiger charge is 2.15. The molecule has 98 valence electrons. The molecule has 0 aliphatic carbocycles. The molecule has 0 atom stereocenters. The number of thiophene rings is 1. The predicted molar refractivity (Wildman–Crippen MR) is 76.5 cm³/mol. The summed E-state index contributed by atoms with van der Waals surface area (Å²) in [4.78, 5) is 11.0. The van der Waals surface area contributed by atoms with Crippen molar-refractivity contribution in [2.75, 3.05) is 24.2 Å². The zero-order chi connectivity index (χ0) is 13.3. The molecular weight excluding hydrogens is 248 g/mol. The number of anilines is 2. The highest BCUT2D eigenvalue weighted by molar-refractivity contribution is 7.18. The second kappa shape index (κ2) is 4.70. The summed E-state index contributed by atoms with van der Waals surface area (Å²) < 4.78 is 0. The third-order valence-electron chi connectivity index (χ3n) is 2.43. The van der Waals surface area contributed by atoms with E-state index in [9.17, 15) is 5.11 Å². The summed E-state index contributed by atoms with van der Waals surface area (Å²) in [6.07, 6.45) is 0. The Morgan fingerprint density at radius 2 is 2.11 bits per heavy atom. The van der Waals surface area contributed by atoms with Gasteiger partial charge < -0.3 is 15.7 Å². The van der Waals surface area contributed by atoms with E-state index in [-0.39, 0.29) is 0 Å². The minimum Gasteiger partial charge on any atom is -0.389 e. The zero-order valence-corrected chi connectivity index (χ0v) is 11.9. The van der Waals surface area contributed by atoms with Crippen molar-refractivity contribution in [1.82, 2.24) is 9.97 Å². The molecule has 0 radical (unpaired) electrons. The number of rotatable bonds is 4. The van der Waals surface area contributed by atoms with E-state index < -0.39 is 5.60 Å². The molecule has 0 unspecified atom stereocenters. The molecule has 6 heteroatoms. The molecule has 2 rings (SSSR count). The Hall–Kier alpha value is -1.40. The zero-order valence-electron chi connectivity index (χ0n) is 11.0. The highest BCUT2D eigenvalue weighted by atomic mass is 32.1. The van der Waals surface area contributed by atoms with Gasteiger partial charge in [-0.1, -0.05) is 0 Å². The third kappa shape index (κ3) is 2.88. The monoisotopic (exact) mass is 266 g/mol. The number of nitrogens with zero attached hydrogens (tertiary/aromatic N) is 2. The molecule has 5 nitrogen and oxygen atoms in total. The van der Waals surface area contributed by atoms with Crippen LogP contribution in [0.5, 0.6) is 0 Å². The van der Waals surface area contributed by atoms with Crippen LogP contribution in [-0.2, 0) is 0 Å². The van der Waals surface area contributed by atoms with Gasteiger partial charge in [-0.3, -0.25) is 0 Å². The van der Waals surface area contributed by atoms with Crippen LogP contribution in [0, 0.1) is 6.92 Å². The molecule has 3 N–H and O–H groups in total. The van der Waals surface area contributed by atoms with Gasteiger partial charge in [0.1, 0.15) is 10.6 Å². The smallest absolute Gasteiger partial charge is 0.225 e. The van der Waals surface area contributed by atoms with Gasteiger partial charge in [-0.15, -0.1) is 11.3 Å². The SMILES string of the molecule is CNc1nc(NCC(C)(C)O)c2cc(C)sc2n1. The van der Waals surface area contributed by atoms with E-state index in [0.29, 0.717) is 12.5 Å². The number of nitrogens with one attached hydrogen (secondary N) is 2. The molecule has 18 heavy (non-hydrogen) atoms. The van der Waals surface area contributed by atoms with Crippen molar-refractivity contribution in [1.29, 1.82) is 0 Å². The van der Waals surface area contributed by atoms with Crippen LogP contribution >= 0.6 is 11.3 Å². The average molecular weight is 266 g/mol. The Kier molecular flexibility index (Phi) is 3.41. The lowest BCUT2D eigenvalue weighted by Gasteiger charge is -2.18. The van der Waals surface area contributed by atoms with E-state index in [1.54, 1.807) is 32.2 Å². The van der Waals surface area contributed by atoms with Crippen molar-refractivity contribution >= 4 is 33.3 Å². The highest BCUT2D eigenvalue weighted by Crippen LogP contribution is 2.29. The molecule has 0 saturated heterocycles. The Morgan fingerprint density at radius 3 is 2.72 bits per heavy atom. The first-order valence-electron chi connectivity index (χ1n) is 5.81. The lowest BCUT2D eigenvalue weighted by Crippen LogP contribution is -2.29. The molecule has 2 aromatic heterocycles. The lowest BCUT2D eigenvalue weighted by molar-refractivity contribution is 0.0944. The number of aliphatic hydroxyl groups is 1. The molecule has 2 heterocycles. The van der Waals surface area contributed by atoms with E-state index in [4.69, 9.17) is 0 Å². The summed E-state index contributed by atoms with van der Waals surface area (Å²) in [5.74, 6) is 1.35. The van der Waals surface area contributed by atoms with Gasteiger partial charge in [0.25, 0.3) is 0 Å². The molecule has 0 amide bonds. The quantitative estimate of drug-likeness (QED) is 0.791. The summed E-state index contributed by atoms with van der Waals surface area (Å²) in [5.41, 5.74) is -0.776. The maximum absolute atomic E-state index is 9.76. The topological polar surface area (TPSA) is 70.1 Å². The van der Waals surface area contributed by atoms with Gasteiger partial charge in [-0.05, 0) is 26.8 Å². The van der Waals surface area contributed by atoms with Crippen LogP contribution in [0.1, 0.15) is 18.7 Å². The molecule has 0 saturated carbocycles. The number of aromatic nitrogens is 2. The second-order valence-corrected chi connectivity index (χ2v) is 6.12. The molecule has 0 aliphatic rings. The van der Waals surface area contributed by atoms with Crippen LogP contribution in [-0.4, -0.2) is 34.3 Å². The Morgan fingerprint density at radius 1 is 1.39 bits per heavy atom. The lowest BCUT2D eigenvalue weighted by atomic mass is 10.1. The van der Waals surface area contributed by atoms with E-state index in [2.05, 4.69) is 26.7 Å². The van der Waals surface area contributed by atoms with Crippen molar-refractivity contribution in [2.24, 2.45) is 0 Å². The number of hydrogen-bond donors (Lipinski definition) is 3. The molecular formula is C12H18N4OS. The van der Waals surface area contributed by atoms with Crippen LogP contribution in [0.3, 0.4) is 0 Å². The number of hydrogen-bond acceptors (Lipinski definition) is 6. The summed E-state index contributed by atoms with van der Waals surface area (Å²) in [7, 11) is 1.79. The van der Waals surface area contributed by atoms with Gasteiger partial charge in [0.05, 0.1) is 11.0 Å². The van der Waals surface area contributed by atoms with Gasteiger partial charge in [0.2, 0.25) is 5.95 Å². The van der Waals surface area contributed by atoms with Crippen molar-refractivity contribution in [3.63, 3.8) is 0 Å². The van der Waals surface area contributed by atoms with Crippen LogP contribution < -0.4 is 10.6 Å². The van der Waals surface area contributed by atoms with Crippen molar-refractivity contribution < 1.29 is 5.11 Å². The first kappa shape index (κ1) is 13.0. The van der Waals surface area contributed by atoms with Gasteiger partial charge in [-0.25, -0.2) is 4.98 Å². The van der Waals surface area contributed by atoms with Crippen LogP contribution in [0.4, 0.5) is 11.8 Å². The molecule has 0 aromatic carbocycles. The fraction of sp³-hybridized carbons (Fsp3) is 0.500. The standard InChI is InChI=1S/C12H18N4OS/c1-7-5-8-9(14-6-12(2,3)17)15-11(13-4)16-10(8)18-7/h5,17H,6H2,1-4H3,(H2,13,14,15,16). The van der Waals surface area contributed by atoms with Gasteiger partial charge >= 0.3 is 0 Å². The van der Waals surface area contributed by atoms with E-state index in [1.165, 1.54) is 4.88 Å². The van der Waals surface area contributed by atoms with E-state index in [1.807, 2.05) is 6.92 Å². The Balaban J connectivity index is 2.40. The summed E-state index contributed by atoms with van der Waals surface area (Å²) in [5, 5.41) is 16.9. The molecule has 0 aliphatic heterocycles. The minimum absolute atomic E-state index is 0.442.